The van der Waals surface area contributed by atoms with Crippen molar-refractivity contribution in [2.45, 2.75) is 57.3 Å². The van der Waals surface area contributed by atoms with E-state index in [4.69, 9.17) is 10.5 Å². The zero-order valence-electron chi connectivity index (χ0n) is 13.9. The first-order chi connectivity index (χ1) is 10.5. The first kappa shape index (κ1) is 18.7. The molecule has 0 bridgehead atoms. The summed E-state index contributed by atoms with van der Waals surface area (Å²) in [6.07, 6.45) is 4.16. The van der Waals surface area contributed by atoms with E-state index in [1.165, 1.54) is 5.56 Å². The molecule has 4 atom stereocenters. The normalized spacial score (nSPS) is 34.7. The van der Waals surface area contributed by atoms with Crippen molar-refractivity contribution in [2.24, 2.45) is 11.7 Å². The van der Waals surface area contributed by atoms with Crippen LogP contribution in [0.3, 0.4) is 0 Å². The lowest BCUT2D eigenvalue weighted by Crippen LogP contribution is -2.56. The molecule has 1 aliphatic heterocycles. The van der Waals surface area contributed by atoms with Crippen LogP contribution in [-0.2, 0) is 9.53 Å². The van der Waals surface area contributed by atoms with E-state index in [9.17, 15) is 4.79 Å². The van der Waals surface area contributed by atoms with Crippen LogP contribution in [0.15, 0.2) is 16.8 Å². The maximum atomic E-state index is 13.0. The molecule has 1 aromatic heterocycles. The molecule has 3 rings (SSSR count). The van der Waals surface area contributed by atoms with Gasteiger partial charge in [-0.15, -0.1) is 12.4 Å². The molecule has 2 aliphatic rings. The van der Waals surface area contributed by atoms with Gasteiger partial charge in [0.2, 0.25) is 5.91 Å². The van der Waals surface area contributed by atoms with E-state index < -0.39 is 0 Å². The lowest BCUT2D eigenvalue weighted by Gasteiger charge is -2.43. The summed E-state index contributed by atoms with van der Waals surface area (Å²) < 4.78 is 6.03. The Kier molecular flexibility index (Phi) is 6.11. The summed E-state index contributed by atoms with van der Waals surface area (Å²) in [5, 5.41) is 4.17. The standard InChI is InChI=1S/C17H26N2O2S.ClH/c1-12-9-19(10-15(21-12)13-6-8-22-11-13)16(20)14-5-3-4-7-17(14,2)18;/h6,8,11-12,14-15H,3-5,7,9-10,18H2,1-2H3;1H. The van der Waals surface area contributed by atoms with Crippen molar-refractivity contribution in [2.75, 3.05) is 13.1 Å². The van der Waals surface area contributed by atoms with Crippen molar-refractivity contribution in [1.29, 1.82) is 0 Å². The Labute approximate surface area is 148 Å². The highest BCUT2D eigenvalue weighted by molar-refractivity contribution is 7.07. The van der Waals surface area contributed by atoms with Crippen molar-refractivity contribution < 1.29 is 9.53 Å². The Hall–Kier alpha value is -0.620. The number of morpholine rings is 1. The average molecular weight is 359 g/mol. The maximum Gasteiger partial charge on any atom is 0.227 e. The number of carbonyl (C=O) groups excluding carboxylic acids is 1. The predicted molar refractivity (Wildman–Crippen MR) is 96.0 cm³/mol. The molecule has 1 amide bonds. The minimum absolute atomic E-state index is 0. The number of nitrogens with zero attached hydrogens (tertiary/aromatic N) is 1. The van der Waals surface area contributed by atoms with Crippen molar-refractivity contribution in [1.82, 2.24) is 4.90 Å². The van der Waals surface area contributed by atoms with Crippen molar-refractivity contribution in [3.8, 4) is 0 Å². The van der Waals surface area contributed by atoms with Crippen LogP contribution in [0.2, 0.25) is 0 Å². The van der Waals surface area contributed by atoms with Crippen LogP contribution in [0.5, 0.6) is 0 Å². The van der Waals surface area contributed by atoms with Crippen LogP contribution in [0, 0.1) is 5.92 Å². The fraction of sp³-hybridized carbons (Fsp3) is 0.706. The van der Waals surface area contributed by atoms with Crippen LogP contribution >= 0.6 is 23.7 Å². The molecular formula is C17H27ClN2O2S. The minimum atomic E-state index is -0.366. The molecular weight excluding hydrogens is 332 g/mol. The molecule has 23 heavy (non-hydrogen) atoms. The number of carbonyl (C=O) groups is 1. The second-order valence-electron chi connectivity index (χ2n) is 7.04. The molecule has 1 aliphatic carbocycles. The van der Waals surface area contributed by atoms with Gasteiger partial charge in [-0.1, -0.05) is 12.8 Å². The van der Waals surface area contributed by atoms with Gasteiger partial charge in [0.05, 0.1) is 18.6 Å². The number of ether oxygens (including phenoxy) is 1. The van der Waals surface area contributed by atoms with Gasteiger partial charge in [0.1, 0.15) is 6.10 Å². The summed E-state index contributed by atoms with van der Waals surface area (Å²) in [5.41, 5.74) is 7.22. The van der Waals surface area contributed by atoms with Gasteiger partial charge in [-0.05, 0) is 49.1 Å². The third kappa shape index (κ3) is 4.08. The number of halogens is 1. The number of rotatable bonds is 2. The molecule has 2 N–H and O–H groups in total. The van der Waals surface area contributed by atoms with Crippen LogP contribution in [0.1, 0.15) is 51.2 Å². The fourth-order valence-electron chi connectivity index (χ4n) is 3.76. The molecule has 2 fully saturated rings. The lowest BCUT2D eigenvalue weighted by atomic mass is 9.74. The van der Waals surface area contributed by atoms with Crippen molar-refractivity contribution >= 4 is 29.7 Å². The summed E-state index contributed by atoms with van der Waals surface area (Å²) in [6, 6.07) is 2.09. The van der Waals surface area contributed by atoms with Gasteiger partial charge in [0.15, 0.2) is 0 Å². The fourth-order valence-corrected chi connectivity index (χ4v) is 4.46. The van der Waals surface area contributed by atoms with Crippen LogP contribution in [0.25, 0.3) is 0 Å². The number of thiophene rings is 1. The van der Waals surface area contributed by atoms with Gasteiger partial charge >= 0.3 is 0 Å². The zero-order chi connectivity index (χ0) is 15.7. The molecule has 2 heterocycles. The minimum Gasteiger partial charge on any atom is -0.367 e. The SMILES string of the molecule is CC1CN(C(=O)C2CCCCC2(C)N)CC(c2ccsc2)O1.Cl. The lowest BCUT2D eigenvalue weighted by molar-refractivity contribution is -0.152. The molecule has 130 valence electrons. The van der Waals surface area contributed by atoms with E-state index in [0.29, 0.717) is 13.1 Å². The second-order valence-corrected chi connectivity index (χ2v) is 7.82. The Morgan fingerprint density at radius 2 is 2.22 bits per heavy atom. The highest BCUT2D eigenvalue weighted by Gasteiger charge is 2.41. The van der Waals surface area contributed by atoms with E-state index in [0.717, 1.165) is 25.7 Å². The summed E-state index contributed by atoms with van der Waals surface area (Å²) >= 11 is 1.67. The third-order valence-electron chi connectivity index (χ3n) is 5.04. The number of amides is 1. The molecule has 1 saturated carbocycles. The first-order valence-electron chi connectivity index (χ1n) is 8.22. The Morgan fingerprint density at radius 3 is 2.87 bits per heavy atom. The molecule has 1 aromatic rings. The van der Waals surface area contributed by atoms with Gasteiger partial charge in [-0.2, -0.15) is 11.3 Å². The maximum absolute atomic E-state index is 13.0. The van der Waals surface area contributed by atoms with Crippen molar-refractivity contribution in [3.05, 3.63) is 22.4 Å². The van der Waals surface area contributed by atoms with E-state index in [1.807, 2.05) is 18.7 Å². The quantitative estimate of drug-likeness (QED) is 0.881. The second kappa shape index (κ2) is 7.51. The topological polar surface area (TPSA) is 55.6 Å². The molecule has 4 unspecified atom stereocenters. The summed E-state index contributed by atoms with van der Waals surface area (Å²) in [4.78, 5) is 15.0. The summed E-state index contributed by atoms with van der Waals surface area (Å²) in [5.74, 6) is 0.176. The molecule has 0 spiro atoms. The van der Waals surface area contributed by atoms with Crippen LogP contribution < -0.4 is 5.73 Å². The van der Waals surface area contributed by atoms with E-state index in [2.05, 4.69) is 16.8 Å². The van der Waals surface area contributed by atoms with Crippen molar-refractivity contribution in [3.63, 3.8) is 0 Å². The highest BCUT2D eigenvalue weighted by Crippen LogP contribution is 2.35. The smallest absolute Gasteiger partial charge is 0.227 e. The molecule has 1 saturated heterocycles. The van der Waals surface area contributed by atoms with Gasteiger partial charge in [0, 0.05) is 12.1 Å². The van der Waals surface area contributed by atoms with Crippen LogP contribution in [-0.4, -0.2) is 35.5 Å². The molecule has 0 radical (unpaired) electrons. The summed E-state index contributed by atoms with van der Waals surface area (Å²) in [6.45, 7) is 5.40. The Bertz CT molecular complexity index is 521. The monoisotopic (exact) mass is 358 g/mol. The predicted octanol–water partition coefficient (Wildman–Crippen LogP) is 3.37. The highest BCUT2D eigenvalue weighted by atomic mass is 35.5. The van der Waals surface area contributed by atoms with Gasteiger partial charge in [-0.3, -0.25) is 4.79 Å². The van der Waals surface area contributed by atoms with E-state index in [1.54, 1.807) is 11.3 Å². The van der Waals surface area contributed by atoms with Gasteiger partial charge in [-0.25, -0.2) is 0 Å². The zero-order valence-corrected chi connectivity index (χ0v) is 15.5. The van der Waals surface area contributed by atoms with Gasteiger partial charge < -0.3 is 15.4 Å². The Morgan fingerprint density at radius 1 is 1.43 bits per heavy atom. The Balaban J connectivity index is 0.00000192. The van der Waals surface area contributed by atoms with Crippen LogP contribution in [0.4, 0.5) is 0 Å². The number of hydrogen-bond donors (Lipinski definition) is 1. The first-order valence-corrected chi connectivity index (χ1v) is 9.17. The number of nitrogens with two attached hydrogens (primary N) is 1. The molecule has 0 aromatic carbocycles. The summed E-state index contributed by atoms with van der Waals surface area (Å²) in [7, 11) is 0. The molecule has 4 nitrogen and oxygen atoms in total. The van der Waals surface area contributed by atoms with E-state index in [-0.39, 0.29) is 42.0 Å². The van der Waals surface area contributed by atoms with E-state index >= 15 is 0 Å². The van der Waals surface area contributed by atoms with Gasteiger partial charge in [0.25, 0.3) is 0 Å². The largest absolute Gasteiger partial charge is 0.367 e. The number of hydrogen-bond acceptors (Lipinski definition) is 4. The molecule has 6 heteroatoms. The third-order valence-corrected chi connectivity index (χ3v) is 5.74. The average Bonchev–Trinajstić information content (AvgIpc) is 2.99.